The first-order chi connectivity index (χ1) is 11.1. The molecule has 2 heterocycles. The van der Waals surface area contributed by atoms with Gasteiger partial charge in [-0.15, -0.1) is 0 Å². The van der Waals surface area contributed by atoms with Gasteiger partial charge in [-0.2, -0.15) is 0 Å². The average molecular weight is 337 g/mol. The number of benzene rings is 1. The lowest BCUT2D eigenvalue weighted by Gasteiger charge is -2.30. The standard InChI is InChI=1S/C15H19N3O4S/c1-21-13-8-12-11(15(19)17-9-16-12)7-14(13)22-10-3-5-18(6-4-10)23(2)20/h7-10H,3-6H2,1-2H3,(H,16,17,19). The second kappa shape index (κ2) is 6.67. The van der Waals surface area contributed by atoms with E-state index in [2.05, 4.69) is 9.97 Å². The molecule has 1 aromatic carbocycles. The number of aromatic amines is 1. The Bertz CT molecular complexity index is 784. The summed E-state index contributed by atoms with van der Waals surface area (Å²) in [4.78, 5) is 18.6. The van der Waals surface area contributed by atoms with Crippen LogP contribution in [0.2, 0.25) is 0 Å². The molecule has 1 aliphatic heterocycles. The van der Waals surface area contributed by atoms with E-state index in [0.29, 0.717) is 22.4 Å². The molecule has 124 valence electrons. The molecule has 3 rings (SSSR count). The monoisotopic (exact) mass is 337 g/mol. The van der Waals surface area contributed by atoms with Gasteiger partial charge in [0.1, 0.15) is 6.10 Å². The van der Waals surface area contributed by atoms with Gasteiger partial charge in [0.15, 0.2) is 11.5 Å². The summed E-state index contributed by atoms with van der Waals surface area (Å²) < 4.78 is 24.8. The number of H-pyrrole nitrogens is 1. The molecule has 2 aromatic rings. The highest BCUT2D eigenvalue weighted by Gasteiger charge is 2.23. The minimum absolute atomic E-state index is 0.0110. The van der Waals surface area contributed by atoms with E-state index in [1.54, 1.807) is 25.5 Å². The summed E-state index contributed by atoms with van der Waals surface area (Å²) in [5.74, 6) is 1.09. The molecule has 7 nitrogen and oxygen atoms in total. The Labute approximate surface area is 136 Å². The lowest BCUT2D eigenvalue weighted by Crippen LogP contribution is -2.38. The van der Waals surface area contributed by atoms with Gasteiger partial charge in [0.05, 0.1) is 35.3 Å². The number of rotatable bonds is 4. The van der Waals surface area contributed by atoms with Gasteiger partial charge in [-0.05, 0) is 18.9 Å². The van der Waals surface area contributed by atoms with Crippen LogP contribution >= 0.6 is 0 Å². The summed E-state index contributed by atoms with van der Waals surface area (Å²) in [6, 6.07) is 3.38. The number of methoxy groups -OCH3 is 1. The molecule has 0 bridgehead atoms. The fraction of sp³-hybridized carbons (Fsp3) is 0.467. The number of nitrogens with zero attached hydrogens (tertiary/aromatic N) is 2. The van der Waals surface area contributed by atoms with Crippen molar-refractivity contribution >= 4 is 21.9 Å². The van der Waals surface area contributed by atoms with E-state index in [1.807, 2.05) is 4.31 Å². The maximum atomic E-state index is 11.9. The smallest absolute Gasteiger partial charge is 0.258 e. The van der Waals surface area contributed by atoms with Crippen molar-refractivity contribution in [3.8, 4) is 11.5 Å². The topological polar surface area (TPSA) is 84.5 Å². The molecule has 8 heteroatoms. The predicted octanol–water partition coefficient (Wildman–Crippen LogP) is 1.07. The molecule has 1 saturated heterocycles. The van der Waals surface area contributed by atoms with Crippen LogP contribution in [-0.4, -0.2) is 51.0 Å². The van der Waals surface area contributed by atoms with Crippen molar-refractivity contribution in [3.05, 3.63) is 28.8 Å². The number of hydrogen-bond donors (Lipinski definition) is 1. The van der Waals surface area contributed by atoms with Gasteiger partial charge >= 0.3 is 0 Å². The van der Waals surface area contributed by atoms with Crippen LogP contribution in [0.3, 0.4) is 0 Å². The van der Waals surface area contributed by atoms with Crippen molar-refractivity contribution in [1.29, 1.82) is 0 Å². The number of aromatic nitrogens is 2. The number of piperidine rings is 1. The van der Waals surface area contributed by atoms with Gasteiger partial charge in [0.2, 0.25) is 0 Å². The third-order valence-electron chi connectivity index (χ3n) is 3.98. The van der Waals surface area contributed by atoms with E-state index >= 15 is 0 Å². The fourth-order valence-corrected chi connectivity index (χ4v) is 3.44. The molecule has 1 aliphatic rings. The summed E-state index contributed by atoms with van der Waals surface area (Å²) in [7, 11) is 0.618. The molecule has 1 atom stereocenters. The van der Waals surface area contributed by atoms with Crippen LogP contribution in [0.25, 0.3) is 10.9 Å². The van der Waals surface area contributed by atoms with Crippen molar-refractivity contribution in [1.82, 2.24) is 14.3 Å². The fourth-order valence-electron chi connectivity index (χ4n) is 2.71. The largest absolute Gasteiger partial charge is 0.493 e. The molecule has 0 amide bonds. The minimum Gasteiger partial charge on any atom is -0.493 e. The zero-order valence-corrected chi connectivity index (χ0v) is 13.9. The molecule has 0 saturated carbocycles. The Morgan fingerprint density at radius 3 is 2.70 bits per heavy atom. The molecule has 23 heavy (non-hydrogen) atoms. The van der Waals surface area contributed by atoms with Crippen LogP contribution in [0.1, 0.15) is 12.8 Å². The Hall–Kier alpha value is -1.93. The maximum Gasteiger partial charge on any atom is 0.258 e. The van der Waals surface area contributed by atoms with Crippen LogP contribution in [-0.2, 0) is 11.0 Å². The molecule has 0 aliphatic carbocycles. The van der Waals surface area contributed by atoms with E-state index < -0.39 is 11.0 Å². The van der Waals surface area contributed by atoms with Gasteiger partial charge in [-0.1, -0.05) is 0 Å². The summed E-state index contributed by atoms with van der Waals surface area (Å²) >= 11 is 0. The summed E-state index contributed by atoms with van der Waals surface area (Å²) in [6.07, 6.45) is 4.63. The van der Waals surface area contributed by atoms with E-state index in [9.17, 15) is 9.00 Å². The third-order valence-corrected chi connectivity index (χ3v) is 5.08. The quantitative estimate of drug-likeness (QED) is 0.902. The molecule has 0 spiro atoms. The second-order valence-corrected chi connectivity index (χ2v) is 6.79. The Kier molecular flexibility index (Phi) is 4.63. The third kappa shape index (κ3) is 3.37. The van der Waals surface area contributed by atoms with Crippen molar-refractivity contribution in [3.63, 3.8) is 0 Å². The van der Waals surface area contributed by atoms with E-state index in [-0.39, 0.29) is 11.7 Å². The lowest BCUT2D eigenvalue weighted by atomic mass is 10.1. The van der Waals surface area contributed by atoms with Gasteiger partial charge in [-0.25, -0.2) is 13.5 Å². The predicted molar refractivity (Wildman–Crippen MR) is 88.2 cm³/mol. The summed E-state index contributed by atoms with van der Waals surface area (Å²) in [6.45, 7) is 1.46. The normalized spacial score (nSPS) is 18.0. The van der Waals surface area contributed by atoms with Crippen molar-refractivity contribution in [2.24, 2.45) is 0 Å². The zero-order valence-electron chi connectivity index (χ0n) is 13.1. The van der Waals surface area contributed by atoms with Crippen LogP contribution in [0.15, 0.2) is 23.3 Å². The lowest BCUT2D eigenvalue weighted by molar-refractivity contribution is 0.133. The van der Waals surface area contributed by atoms with Gasteiger partial charge in [0, 0.05) is 25.4 Å². The first-order valence-electron chi connectivity index (χ1n) is 7.39. The first kappa shape index (κ1) is 15.9. The highest BCUT2D eigenvalue weighted by Crippen LogP contribution is 2.32. The second-order valence-electron chi connectivity index (χ2n) is 5.42. The molecular weight excluding hydrogens is 318 g/mol. The molecule has 1 fully saturated rings. The van der Waals surface area contributed by atoms with Crippen LogP contribution in [0.4, 0.5) is 0 Å². The highest BCUT2D eigenvalue weighted by atomic mass is 32.2. The van der Waals surface area contributed by atoms with Crippen molar-refractivity contribution in [2.45, 2.75) is 18.9 Å². The minimum atomic E-state index is -0.942. The Morgan fingerprint density at radius 2 is 2.04 bits per heavy atom. The van der Waals surface area contributed by atoms with Crippen LogP contribution in [0, 0.1) is 0 Å². The highest BCUT2D eigenvalue weighted by molar-refractivity contribution is 7.81. The molecule has 1 unspecified atom stereocenters. The van der Waals surface area contributed by atoms with Crippen LogP contribution < -0.4 is 15.0 Å². The molecule has 1 N–H and O–H groups in total. The Balaban J connectivity index is 1.84. The average Bonchev–Trinajstić information content (AvgIpc) is 2.55. The number of ether oxygens (including phenoxy) is 2. The number of fused-ring (bicyclic) bond motifs is 1. The van der Waals surface area contributed by atoms with Crippen molar-refractivity contribution in [2.75, 3.05) is 26.5 Å². The number of nitrogens with one attached hydrogen (secondary N) is 1. The van der Waals surface area contributed by atoms with Gasteiger partial charge in [0.25, 0.3) is 5.56 Å². The van der Waals surface area contributed by atoms with Crippen molar-refractivity contribution < 1.29 is 13.7 Å². The van der Waals surface area contributed by atoms with Crippen LogP contribution in [0.5, 0.6) is 11.5 Å². The van der Waals surface area contributed by atoms with E-state index in [4.69, 9.17) is 9.47 Å². The Morgan fingerprint density at radius 1 is 1.30 bits per heavy atom. The van der Waals surface area contributed by atoms with E-state index in [1.165, 1.54) is 6.33 Å². The van der Waals surface area contributed by atoms with E-state index in [0.717, 1.165) is 25.9 Å². The SMILES string of the molecule is COc1cc2nc[nH]c(=O)c2cc1OC1CCN(S(C)=O)CC1. The zero-order chi connectivity index (χ0) is 16.4. The first-order valence-corrected chi connectivity index (χ1v) is 8.90. The molecular formula is C15H19N3O4S. The summed E-state index contributed by atoms with van der Waals surface area (Å²) in [5, 5.41) is 0.468. The van der Waals surface area contributed by atoms with Gasteiger partial charge < -0.3 is 14.5 Å². The maximum absolute atomic E-state index is 11.9. The summed E-state index contributed by atoms with van der Waals surface area (Å²) in [5.41, 5.74) is 0.354. The molecule has 0 radical (unpaired) electrons. The van der Waals surface area contributed by atoms with Gasteiger partial charge in [-0.3, -0.25) is 4.79 Å². The molecule has 1 aromatic heterocycles. The number of hydrogen-bond acceptors (Lipinski definition) is 5.